The maximum absolute atomic E-state index is 12.3. The van der Waals surface area contributed by atoms with Crippen molar-refractivity contribution in [2.75, 3.05) is 30.4 Å². The summed E-state index contributed by atoms with van der Waals surface area (Å²) >= 11 is 0. The minimum Gasteiger partial charge on any atom is -0.359 e. The maximum Gasteiger partial charge on any atom is 0.222 e. The number of nitrogens with zero attached hydrogens (tertiary/aromatic N) is 5. The molecule has 2 atom stereocenters. The molecule has 4 heterocycles. The van der Waals surface area contributed by atoms with E-state index in [1.807, 2.05) is 43.3 Å². The van der Waals surface area contributed by atoms with Gasteiger partial charge in [-0.05, 0) is 62.3 Å². The van der Waals surface area contributed by atoms with E-state index in [1.165, 1.54) is 0 Å². The van der Waals surface area contributed by atoms with E-state index in [0.29, 0.717) is 11.6 Å². The Morgan fingerprint density at radius 1 is 1.12 bits per heavy atom. The van der Waals surface area contributed by atoms with Crippen molar-refractivity contribution in [3.63, 3.8) is 0 Å². The topological polar surface area (TPSA) is 95.9 Å². The number of aryl methyl sites for hydroxylation is 1. The summed E-state index contributed by atoms with van der Waals surface area (Å²) in [4.78, 5) is 33.2. The number of hydrogen-bond acceptors (Lipinski definition) is 7. The van der Waals surface area contributed by atoms with Gasteiger partial charge in [-0.25, -0.2) is 15.0 Å². The van der Waals surface area contributed by atoms with Gasteiger partial charge in [0.2, 0.25) is 5.91 Å². The van der Waals surface area contributed by atoms with Crippen molar-refractivity contribution < 1.29 is 4.79 Å². The predicted octanol–water partition coefficient (Wildman–Crippen LogP) is 4.12. The molecule has 2 aliphatic rings. The largest absolute Gasteiger partial charge is 0.359 e. The summed E-state index contributed by atoms with van der Waals surface area (Å²) in [5.74, 6) is 3.27. The molecule has 8 heteroatoms. The van der Waals surface area contributed by atoms with Crippen LogP contribution in [0.1, 0.15) is 37.8 Å². The molecule has 176 valence electrons. The number of nitrogens with one attached hydrogen (secondary N) is 2. The Labute approximate surface area is 200 Å². The lowest BCUT2D eigenvalue weighted by atomic mass is 9.69. The molecule has 3 aromatic heterocycles. The summed E-state index contributed by atoms with van der Waals surface area (Å²) < 4.78 is 0. The zero-order chi connectivity index (χ0) is 23.5. The SMILES string of the molecule is CNC(=O)C1CCCC2(CCN(c3cc(Nc4cccc(C)n4)nc(-c4cccnc4)n3)C2)C1. The Morgan fingerprint density at radius 2 is 2.03 bits per heavy atom. The minimum atomic E-state index is 0.111. The van der Waals surface area contributed by atoms with Gasteiger partial charge in [0.05, 0.1) is 0 Å². The van der Waals surface area contributed by atoms with E-state index in [0.717, 1.165) is 68.1 Å². The maximum atomic E-state index is 12.3. The molecule has 3 aromatic rings. The van der Waals surface area contributed by atoms with Crippen LogP contribution in [0.5, 0.6) is 0 Å². The van der Waals surface area contributed by atoms with Crippen molar-refractivity contribution >= 4 is 23.4 Å². The van der Waals surface area contributed by atoms with Crippen LogP contribution in [-0.2, 0) is 4.79 Å². The van der Waals surface area contributed by atoms with Crippen LogP contribution in [0.3, 0.4) is 0 Å². The van der Waals surface area contributed by atoms with Gasteiger partial charge >= 0.3 is 0 Å². The highest BCUT2D eigenvalue weighted by Crippen LogP contribution is 2.47. The van der Waals surface area contributed by atoms with Gasteiger partial charge in [0, 0.05) is 55.8 Å². The molecule has 1 saturated carbocycles. The standard InChI is InChI=1S/C26H31N7O/c1-18-6-3-9-21(29-18)30-22-14-23(32-24(31-22)20-8-5-12-28-16-20)33-13-11-26(17-33)10-4-7-19(15-26)25(34)27-2/h3,5-6,8-9,12,14,16,19H,4,7,10-11,13,15,17H2,1-2H3,(H,27,34)(H,29,30,31,32). The van der Waals surface area contributed by atoms with Gasteiger partial charge in [0.25, 0.3) is 0 Å². The van der Waals surface area contributed by atoms with Gasteiger partial charge in [-0.1, -0.05) is 12.5 Å². The number of aromatic nitrogens is 4. The fraction of sp³-hybridized carbons (Fsp3) is 0.423. The van der Waals surface area contributed by atoms with Crippen LogP contribution >= 0.6 is 0 Å². The van der Waals surface area contributed by atoms with Crippen molar-refractivity contribution in [1.29, 1.82) is 0 Å². The van der Waals surface area contributed by atoms with Crippen molar-refractivity contribution in [3.8, 4) is 11.4 Å². The van der Waals surface area contributed by atoms with Crippen LogP contribution in [0.15, 0.2) is 48.8 Å². The van der Waals surface area contributed by atoms with Crippen molar-refractivity contribution in [1.82, 2.24) is 25.3 Å². The summed E-state index contributed by atoms with van der Waals surface area (Å²) in [7, 11) is 1.74. The third-order valence-electron chi connectivity index (χ3n) is 7.10. The second-order valence-electron chi connectivity index (χ2n) is 9.54. The van der Waals surface area contributed by atoms with Gasteiger partial charge in [0.1, 0.15) is 17.5 Å². The monoisotopic (exact) mass is 457 g/mol. The molecular weight excluding hydrogens is 426 g/mol. The van der Waals surface area contributed by atoms with Gasteiger partial charge in [-0.15, -0.1) is 0 Å². The van der Waals surface area contributed by atoms with Gasteiger partial charge in [0.15, 0.2) is 5.82 Å². The third-order valence-corrected chi connectivity index (χ3v) is 7.10. The quantitative estimate of drug-likeness (QED) is 0.595. The second-order valence-corrected chi connectivity index (χ2v) is 9.54. The number of pyridine rings is 2. The zero-order valence-electron chi connectivity index (χ0n) is 19.8. The van der Waals surface area contributed by atoms with Crippen LogP contribution in [0.4, 0.5) is 17.5 Å². The number of carbonyl (C=O) groups is 1. The normalized spacial score (nSPS) is 22.1. The van der Waals surface area contributed by atoms with Gasteiger partial charge in [-0.3, -0.25) is 9.78 Å². The molecule has 1 saturated heterocycles. The van der Waals surface area contributed by atoms with E-state index in [-0.39, 0.29) is 17.2 Å². The third kappa shape index (κ3) is 4.71. The Morgan fingerprint density at radius 3 is 2.82 bits per heavy atom. The molecule has 8 nitrogen and oxygen atoms in total. The number of rotatable bonds is 5. The highest BCUT2D eigenvalue weighted by atomic mass is 16.1. The first-order chi connectivity index (χ1) is 16.5. The highest BCUT2D eigenvalue weighted by Gasteiger charge is 2.43. The molecule has 2 fully saturated rings. The number of carbonyl (C=O) groups excluding carboxylic acids is 1. The Bertz CT molecular complexity index is 1170. The second kappa shape index (κ2) is 9.37. The molecule has 1 aliphatic carbocycles. The molecule has 1 spiro atoms. The van der Waals surface area contributed by atoms with Crippen LogP contribution in [0.2, 0.25) is 0 Å². The van der Waals surface area contributed by atoms with Crippen LogP contribution < -0.4 is 15.5 Å². The average Bonchev–Trinajstić information content (AvgIpc) is 3.27. The van der Waals surface area contributed by atoms with Crippen molar-refractivity contribution in [2.24, 2.45) is 11.3 Å². The van der Waals surface area contributed by atoms with E-state index >= 15 is 0 Å². The van der Waals surface area contributed by atoms with Gasteiger partial charge in [-0.2, -0.15) is 0 Å². The van der Waals surface area contributed by atoms with Crippen molar-refractivity contribution in [3.05, 3.63) is 54.5 Å². The molecule has 1 aliphatic heterocycles. The van der Waals surface area contributed by atoms with Crippen LogP contribution in [0, 0.1) is 18.3 Å². The first kappa shape index (κ1) is 22.3. The fourth-order valence-corrected chi connectivity index (χ4v) is 5.41. The first-order valence-corrected chi connectivity index (χ1v) is 12.0. The number of anilines is 3. The van der Waals surface area contributed by atoms with E-state index in [2.05, 4.69) is 25.5 Å². The Kier molecular flexibility index (Phi) is 6.13. The van der Waals surface area contributed by atoms with Crippen LogP contribution in [-0.4, -0.2) is 46.0 Å². The molecular formula is C26H31N7O. The molecule has 0 radical (unpaired) electrons. The van der Waals surface area contributed by atoms with Crippen LogP contribution in [0.25, 0.3) is 11.4 Å². The smallest absolute Gasteiger partial charge is 0.222 e. The van der Waals surface area contributed by atoms with E-state index in [9.17, 15) is 4.79 Å². The van der Waals surface area contributed by atoms with Crippen molar-refractivity contribution in [2.45, 2.75) is 39.0 Å². The fourth-order valence-electron chi connectivity index (χ4n) is 5.41. The summed E-state index contributed by atoms with van der Waals surface area (Å²) in [6.07, 6.45) is 8.81. The zero-order valence-corrected chi connectivity index (χ0v) is 19.8. The average molecular weight is 458 g/mol. The lowest BCUT2D eigenvalue weighted by molar-refractivity contribution is -0.126. The lowest BCUT2D eigenvalue weighted by Gasteiger charge is -2.37. The molecule has 0 bridgehead atoms. The predicted molar refractivity (Wildman–Crippen MR) is 133 cm³/mol. The molecule has 1 amide bonds. The molecule has 0 aromatic carbocycles. The number of amides is 1. The van der Waals surface area contributed by atoms with E-state index < -0.39 is 0 Å². The molecule has 2 N–H and O–H groups in total. The van der Waals surface area contributed by atoms with E-state index in [4.69, 9.17) is 9.97 Å². The summed E-state index contributed by atoms with van der Waals surface area (Å²) in [5, 5.41) is 6.21. The number of hydrogen-bond donors (Lipinski definition) is 2. The summed E-state index contributed by atoms with van der Waals surface area (Å²) in [6.45, 7) is 3.80. The highest BCUT2D eigenvalue weighted by molar-refractivity contribution is 5.78. The van der Waals surface area contributed by atoms with E-state index in [1.54, 1.807) is 19.4 Å². The minimum absolute atomic E-state index is 0.111. The lowest BCUT2D eigenvalue weighted by Crippen LogP contribution is -2.38. The molecule has 2 unspecified atom stereocenters. The summed E-state index contributed by atoms with van der Waals surface area (Å²) in [6, 6.07) is 11.8. The van der Waals surface area contributed by atoms with Gasteiger partial charge < -0.3 is 15.5 Å². The Balaban J connectivity index is 1.44. The Hall–Kier alpha value is -3.55. The molecule has 34 heavy (non-hydrogen) atoms. The first-order valence-electron chi connectivity index (χ1n) is 12.0. The summed E-state index contributed by atoms with van der Waals surface area (Å²) in [5.41, 5.74) is 1.98. The molecule has 5 rings (SSSR count).